The van der Waals surface area contributed by atoms with Crippen LogP contribution in [0, 0.1) is 17.4 Å². The molecule has 0 aromatic heterocycles. The van der Waals surface area contributed by atoms with E-state index in [-0.39, 0.29) is 35.9 Å². The Kier molecular flexibility index (Phi) is 12.1. The molecule has 0 spiro atoms. The predicted molar refractivity (Wildman–Crippen MR) is 193 cm³/mol. The van der Waals surface area contributed by atoms with Gasteiger partial charge in [-0.25, -0.2) is 9.64 Å². The number of carbonyl (C=O) groups excluding carboxylic acids is 2. The van der Waals surface area contributed by atoms with Gasteiger partial charge in [-0.1, -0.05) is 58.7 Å². The Balaban J connectivity index is 1.21. The molecule has 8 nitrogen and oxygen atoms in total. The van der Waals surface area contributed by atoms with Crippen molar-refractivity contribution in [2.45, 2.75) is 130 Å². The number of rotatable bonds is 11. The van der Waals surface area contributed by atoms with Crippen LogP contribution in [0.15, 0.2) is 42.5 Å². The summed E-state index contributed by atoms with van der Waals surface area (Å²) in [6, 6.07) is 11.3. The lowest BCUT2D eigenvalue weighted by Crippen LogP contribution is -2.74. The van der Waals surface area contributed by atoms with Gasteiger partial charge in [0.25, 0.3) is 5.91 Å². The monoisotopic (exact) mass is 712 g/mol. The molecule has 2 aromatic carbocycles. The van der Waals surface area contributed by atoms with Gasteiger partial charge >= 0.3 is 12.3 Å². The first-order valence-electron chi connectivity index (χ1n) is 18.0. The average molecular weight is 713 g/mol. The maximum Gasteiger partial charge on any atom is 0.410 e. The average Bonchev–Trinajstić information content (AvgIpc) is 3.03. The Morgan fingerprint density at radius 3 is 2.06 bits per heavy atom. The normalized spacial score (nSPS) is 23.2. The molecule has 2 aliphatic rings. The summed E-state index contributed by atoms with van der Waals surface area (Å²) < 4.78 is 52.3. The van der Waals surface area contributed by atoms with Crippen LogP contribution < -0.4 is 10.1 Å². The number of unbranched alkanes of at least 4 members (excludes halogenated alkanes) is 3. The van der Waals surface area contributed by atoms with Crippen LogP contribution in [0.2, 0.25) is 0 Å². The van der Waals surface area contributed by atoms with Gasteiger partial charge in [0.15, 0.2) is 5.69 Å². The van der Waals surface area contributed by atoms with Crippen LogP contribution >= 0.6 is 0 Å². The molecule has 2 aromatic rings. The van der Waals surface area contributed by atoms with Gasteiger partial charge in [-0.05, 0) is 90.3 Å². The van der Waals surface area contributed by atoms with Crippen LogP contribution in [0.1, 0.15) is 109 Å². The number of benzene rings is 2. The van der Waals surface area contributed by atoms with E-state index < -0.39 is 40.0 Å². The standard InChI is InChI=1S/C40H55F3N4O4/c1-26-24-46(36(49)51-37(3,4)5)25-27(2)47(26)22-14-12-11-13-15-28-16-18-29(19-17-28)33(48)45-34-38(6,7)35(39(34,8)9)50-30-20-21-32(44-10)31(23-30)40(41,42)43/h16-21,23,26-27,34-35H,11-15,22,24-25H2,1-9H3,(H,45,48)/t26-,27+,34?,35?. The quantitative estimate of drug-likeness (QED) is 0.186. The number of carbonyl (C=O) groups is 2. The summed E-state index contributed by atoms with van der Waals surface area (Å²) in [4.78, 5) is 33.2. The van der Waals surface area contributed by atoms with Crippen molar-refractivity contribution in [2.24, 2.45) is 10.8 Å². The van der Waals surface area contributed by atoms with Gasteiger partial charge in [-0.3, -0.25) is 9.69 Å². The molecule has 2 atom stereocenters. The number of piperazine rings is 1. The molecule has 1 N–H and O–H groups in total. The van der Waals surface area contributed by atoms with Crippen LogP contribution in [0.25, 0.3) is 4.85 Å². The number of hydrogen-bond donors (Lipinski definition) is 1. The van der Waals surface area contributed by atoms with Gasteiger partial charge in [-0.15, -0.1) is 0 Å². The lowest BCUT2D eigenvalue weighted by molar-refractivity contribution is -0.164. The third kappa shape index (κ3) is 9.56. The van der Waals surface area contributed by atoms with Crippen molar-refractivity contribution in [2.75, 3.05) is 19.6 Å². The summed E-state index contributed by atoms with van der Waals surface area (Å²) in [6.07, 6.45) is -0.0607. The molecule has 0 radical (unpaired) electrons. The minimum absolute atomic E-state index is 0.0423. The lowest BCUT2D eigenvalue weighted by atomic mass is 9.49. The molecule has 0 unspecified atom stereocenters. The number of halogens is 3. The fraction of sp³-hybridized carbons (Fsp3) is 0.625. The van der Waals surface area contributed by atoms with Crippen molar-refractivity contribution in [1.29, 1.82) is 0 Å². The molecule has 1 saturated heterocycles. The first-order valence-corrected chi connectivity index (χ1v) is 18.0. The molecule has 4 rings (SSSR count). The summed E-state index contributed by atoms with van der Waals surface area (Å²) in [7, 11) is 0. The van der Waals surface area contributed by atoms with E-state index in [1.807, 2.05) is 77.6 Å². The van der Waals surface area contributed by atoms with Gasteiger partial charge in [0.2, 0.25) is 0 Å². The van der Waals surface area contributed by atoms with Crippen LogP contribution in [0.5, 0.6) is 5.75 Å². The van der Waals surface area contributed by atoms with Crippen molar-refractivity contribution in [3.63, 3.8) is 0 Å². The predicted octanol–water partition coefficient (Wildman–Crippen LogP) is 9.30. The molecular weight excluding hydrogens is 657 g/mol. The Labute approximate surface area is 301 Å². The maximum atomic E-state index is 13.5. The van der Waals surface area contributed by atoms with Gasteiger partial charge in [0.05, 0.1) is 12.1 Å². The highest BCUT2D eigenvalue weighted by atomic mass is 19.4. The summed E-state index contributed by atoms with van der Waals surface area (Å²) in [5.74, 6) is -0.164. The minimum atomic E-state index is -4.67. The van der Waals surface area contributed by atoms with E-state index in [1.54, 1.807) is 0 Å². The molecule has 51 heavy (non-hydrogen) atoms. The number of nitrogens with one attached hydrogen (secondary N) is 1. The van der Waals surface area contributed by atoms with Gasteiger partial charge in [0, 0.05) is 47.6 Å². The zero-order chi connectivity index (χ0) is 37.9. The minimum Gasteiger partial charge on any atom is -0.489 e. The summed E-state index contributed by atoms with van der Waals surface area (Å²) in [6.45, 7) is 27.2. The van der Waals surface area contributed by atoms with Crippen molar-refractivity contribution in [3.8, 4) is 5.75 Å². The molecule has 1 heterocycles. The first kappa shape index (κ1) is 40.0. The zero-order valence-electron chi connectivity index (χ0n) is 31.6. The van der Waals surface area contributed by atoms with Crippen molar-refractivity contribution in [3.05, 3.63) is 70.6 Å². The fourth-order valence-electron chi connectivity index (χ4n) is 8.14. The first-order chi connectivity index (χ1) is 23.6. The number of ether oxygens (including phenoxy) is 2. The van der Waals surface area contributed by atoms with E-state index in [1.165, 1.54) is 11.6 Å². The molecule has 0 bridgehead atoms. The summed E-state index contributed by atoms with van der Waals surface area (Å²) in [5, 5.41) is 3.15. The Morgan fingerprint density at radius 1 is 0.922 bits per heavy atom. The fourth-order valence-corrected chi connectivity index (χ4v) is 8.14. The molecule has 1 aliphatic heterocycles. The number of alkyl halides is 3. The Morgan fingerprint density at radius 2 is 1.51 bits per heavy atom. The lowest BCUT2D eigenvalue weighted by Gasteiger charge is -2.63. The zero-order valence-corrected chi connectivity index (χ0v) is 31.6. The van der Waals surface area contributed by atoms with Gasteiger partial charge in [-0.2, -0.15) is 13.2 Å². The van der Waals surface area contributed by atoms with E-state index in [2.05, 4.69) is 28.9 Å². The second-order valence-corrected chi connectivity index (χ2v) is 16.5. The summed E-state index contributed by atoms with van der Waals surface area (Å²) in [5.41, 5.74) is -1.40. The molecular formula is C40H55F3N4O4. The van der Waals surface area contributed by atoms with E-state index in [4.69, 9.17) is 16.0 Å². The van der Waals surface area contributed by atoms with Crippen LogP contribution in [0.4, 0.5) is 23.7 Å². The second kappa shape index (κ2) is 15.4. The highest BCUT2D eigenvalue weighted by Gasteiger charge is 2.64. The second-order valence-electron chi connectivity index (χ2n) is 16.5. The number of amides is 2. The highest BCUT2D eigenvalue weighted by molar-refractivity contribution is 5.94. The van der Waals surface area contributed by atoms with Crippen LogP contribution in [-0.2, 0) is 17.3 Å². The van der Waals surface area contributed by atoms with Gasteiger partial charge < -0.3 is 19.7 Å². The molecule has 2 fully saturated rings. The molecule has 1 aliphatic carbocycles. The van der Waals surface area contributed by atoms with Crippen molar-refractivity contribution in [1.82, 2.24) is 15.1 Å². The van der Waals surface area contributed by atoms with E-state index in [0.717, 1.165) is 50.8 Å². The van der Waals surface area contributed by atoms with E-state index >= 15 is 0 Å². The third-order valence-electron chi connectivity index (χ3n) is 10.4. The molecule has 1 saturated carbocycles. The van der Waals surface area contributed by atoms with Crippen molar-refractivity contribution >= 4 is 17.7 Å². The Hall–Kier alpha value is -3.78. The largest absolute Gasteiger partial charge is 0.489 e. The topological polar surface area (TPSA) is 75.5 Å². The number of aryl methyl sites for hydroxylation is 1. The van der Waals surface area contributed by atoms with E-state index in [9.17, 15) is 22.8 Å². The molecule has 280 valence electrons. The number of nitrogens with zero attached hydrogens (tertiary/aromatic N) is 3. The van der Waals surface area contributed by atoms with E-state index in [0.29, 0.717) is 18.7 Å². The van der Waals surface area contributed by atoms with Crippen LogP contribution in [-0.4, -0.2) is 71.3 Å². The van der Waals surface area contributed by atoms with Crippen molar-refractivity contribution < 1.29 is 32.2 Å². The smallest absolute Gasteiger partial charge is 0.410 e. The SMILES string of the molecule is [C-]#[N+]c1ccc(OC2C(C)(C)C(NC(=O)c3ccc(CCCCCCN4[C@H](C)CN(C(=O)OC(C)(C)C)C[C@@H]4C)cc3)C2(C)C)cc1C(F)(F)F. The highest BCUT2D eigenvalue weighted by Crippen LogP contribution is 2.56. The summed E-state index contributed by atoms with van der Waals surface area (Å²) >= 11 is 0. The molecule has 11 heteroatoms. The maximum absolute atomic E-state index is 13.5. The Bertz CT molecular complexity index is 1550. The molecule has 2 amide bonds. The van der Waals surface area contributed by atoms with Gasteiger partial charge in [0.1, 0.15) is 17.5 Å². The van der Waals surface area contributed by atoms with Crippen LogP contribution in [0.3, 0.4) is 0 Å². The number of hydrogen-bond acceptors (Lipinski definition) is 5. The third-order valence-corrected chi connectivity index (χ3v) is 10.4.